The first-order chi connectivity index (χ1) is 9.24. The summed E-state index contributed by atoms with van der Waals surface area (Å²) < 4.78 is 5.60. The fourth-order valence-electron chi connectivity index (χ4n) is 2.01. The minimum atomic E-state index is 0.793. The van der Waals surface area contributed by atoms with Gasteiger partial charge in [-0.3, -0.25) is 0 Å². The molecule has 0 atom stereocenters. The number of aryl methyl sites for hydroxylation is 2. The van der Waals surface area contributed by atoms with E-state index >= 15 is 0 Å². The van der Waals surface area contributed by atoms with Crippen molar-refractivity contribution in [2.45, 2.75) is 26.8 Å². The molecular formula is C15H16N2OS. The molecule has 0 aliphatic heterocycles. The molecule has 0 amide bonds. The zero-order valence-electron chi connectivity index (χ0n) is 11.1. The Bertz CT molecular complexity index is 699. The fraction of sp³-hybridized carbons (Fsp3) is 0.267. The second-order valence-electron chi connectivity index (χ2n) is 4.51. The number of anilines is 1. The lowest BCUT2D eigenvalue weighted by Gasteiger charge is -2.03. The molecule has 0 spiro atoms. The number of hydrogen-bond acceptors (Lipinski definition) is 4. The van der Waals surface area contributed by atoms with Gasteiger partial charge in [0.05, 0.1) is 0 Å². The summed E-state index contributed by atoms with van der Waals surface area (Å²) in [7, 11) is 0. The first-order valence-electron chi connectivity index (χ1n) is 6.43. The molecule has 2 aromatic heterocycles. The largest absolute Gasteiger partial charge is 0.441 e. The van der Waals surface area contributed by atoms with E-state index in [9.17, 15) is 0 Å². The van der Waals surface area contributed by atoms with Crippen LogP contribution >= 0.6 is 11.3 Å². The van der Waals surface area contributed by atoms with Crippen LogP contribution in [0.15, 0.2) is 34.7 Å². The smallest absolute Gasteiger partial charge is 0.195 e. The molecule has 0 bridgehead atoms. The van der Waals surface area contributed by atoms with Crippen LogP contribution in [0.4, 0.5) is 5.69 Å². The molecule has 2 heterocycles. The van der Waals surface area contributed by atoms with Gasteiger partial charge < -0.3 is 9.73 Å². The molecule has 98 valence electrons. The van der Waals surface area contributed by atoms with Crippen molar-refractivity contribution in [1.29, 1.82) is 0 Å². The standard InChI is InChI=1S/C15H16N2OS/c1-3-15-17-13-8-11(5-7-14(13)18-15)16-9-12-6-4-10(2)19-12/h4-8,16H,3,9H2,1-2H3. The third-order valence-electron chi connectivity index (χ3n) is 3.00. The number of aromatic nitrogens is 1. The molecular weight excluding hydrogens is 256 g/mol. The predicted molar refractivity (Wildman–Crippen MR) is 79.8 cm³/mol. The molecule has 1 N–H and O–H groups in total. The van der Waals surface area contributed by atoms with Crippen LogP contribution in [-0.2, 0) is 13.0 Å². The minimum absolute atomic E-state index is 0.793. The van der Waals surface area contributed by atoms with Crippen LogP contribution in [0.3, 0.4) is 0 Å². The average Bonchev–Trinajstić information content (AvgIpc) is 3.01. The van der Waals surface area contributed by atoms with E-state index in [4.69, 9.17) is 4.42 Å². The number of nitrogens with zero attached hydrogens (tertiary/aromatic N) is 1. The van der Waals surface area contributed by atoms with Gasteiger partial charge in [0.15, 0.2) is 11.5 Å². The first kappa shape index (κ1) is 12.2. The van der Waals surface area contributed by atoms with Crippen molar-refractivity contribution in [3.8, 4) is 0 Å². The second kappa shape index (κ2) is 5.05. The van der Waals surface area contributed by atoms with E-state index in [-0.39, 0.29) is 0 Å². The quantitative estimate of drug-likeness (QED) is 0.766. The summed E-state index contributed by atoms with van der Waals surface area (Å²) in [5, 5.41) is 3.42. The van der Waals surface area contributed by atoms with Crippen molar-refractivity contribution in [1.82, 2.24) is 4.98 Å². The SMILES string of the molecule is CCc1nc2cc(NCc3ccc(C)s3)ccc2o1. The van der Waals surface area contributed by atoms with Crippen molar-refractivity contribution in [3.05, 3.63) is 46.0 Å². The van der Waals surface area contributed by atoms with Gasteiger partial charge in [0.1, 0.15) is 5.52 Å². The minimum Gasteiger partial charge on any atom is -0.441 e. The van der Waals surface area contributed by atoms with E-state index in [1.165, 1.54) is 9.75 Å². The van der Waals surface area contributed by atoms with E-state index in [0.717, 1.165) is 35.6 Å². The van der Waals surface area contributed by atoms with Gasteiger partial charge in [0.25, 0.3) is 0 Å². The fourth-order valence-corrected chi connectivity index (χ4v) is 2.84. The Labute approximate surface area is 116 Å². The topological polar surface area (TPSA) is 38.1 Å². The van der Waals surface area contributed by atoms with Crippen LogP contribution in [-0.4, -0.2) is 4.98 Å². The summed E-state index contributed by atoms with van der Waals surface area (Å²) in [5.74, 6) is 0.793. The van der Waals surface area contributed by atoms with Gasteiger partial charge in [-0.2, -0.15) is 0 Å². The van der Waals surface area contributed by atoms with Gasteiger partial charge in [0.2, 0.25) is 0 Å². The molecule has 1 aromatic carbocycles. The van der Waals surface area contributed by atoms with Gasteiger partial charge >= 0.3 is 0 Å². The normalized spacial score (nSPS) is 11.1. The zero-order valence-corrected chi connectivity index (χ0v) is 11.9. The molecule has 0 fully saturated rings. The molecule has 0 saturated carbocycles. The van der Waals surface area contributed by atoms with Crippen LogP contribution in [0.1, 0.15) is 22.6 Å². The number of rotatable bonds is 4. The third-order valence-corrected chi connectivity index (χ3v) is 4.00. The molecule has 3 nitrogen and oxygen atoms in total. The maximum atomic E-state index is 5.60. The van der Waals surface area contributed by atoms with E-state index in [2.05, 4.69) is 29.4 Å². The van der Waals surface area contributed by atoms with E-state index < -0.39 is 0 Å². The van der Waals surface area contributed by atoms with Crippen LogP contribution in [0, 0.1) is 6.92 Å². The Balaban J connectivity index is 1.77. The Morgan fingerprint density at radius 3 is 2.89 bits per heavy atom. The van der Waals surface area contributed by atoms with Crippen molar-refractivity contribution in [2.24, 2.45) is 0 Å². The highest BCUT2D eigenvalue weighted by molar-refractivity contribution is 7.11. The summed E-state index contributed by atoms with van der Waals surface area (Å²) in [6.45, 7) is 5.02. The van der Waals surface area contributed by atoms with Crippen molar-refractivity contribution in [3.63, 3.8) is 0 Å². The van der Waals surface area contributed by atoms with E-state index in [1.807, 2.05) is 36.5 Å². The number of nitrogens with one attached hydrogen (secondary N) is 1. The maximum absolute atomic E-state index is 5.60. The lowest BCUT2D eigenvalue weighted by molar-refractivity contribution is 0.538. The lowest BCUT2D eigenvalue weighted by Crippen LogP contribution is -1.96. The summed E-state index contributed by atoms with van der Waals surface area (Å²) in [4.78, 5) is 7.13. The predicted octanol–water partition coefficient (Wildman–Crippen LogP) is 4.37. The summed E-state index contributed by atoms with van der Waals surface area (Å²) in [6.07, 6.45) is 0.825. The highest BCUT2D eigenvalue weighted by Crippen LogP contribution is 2.22. The molecule has 0 radical (unpaired) electrons. The molecule has 0 aliphatic carbocycles. The first-order valence-corrected chi connectivity index (χ1v) is 7.25. The number of oxazole rings is 1. The monoisotopic (exact) mass is 272 g/mol. The van der Waals surface area contributed by atoms with Crippen molar-refractivity contribution < 1.29 is 4.42 Å². The number of benzene rings is 1. The summed E-state index contributed by atoms with van der Waals surface area (Å²) in [6, 6.07) is 10.4. The van der Waals surface area contributed by atoms with Gasteiger partial charge in [-0.1, -0.05) is 6.92 Å². The molecule has 0 aliphatic rings. The van der Waals surface area contributed by atoms with E-state index in [1.54, 1.807) is 0 Å². The molecule has 3 aromatic rings. The van der Waals surface area contributed by atoms with Gasteiger partial charge in [-0.15, -0.1) is 11.3 Å². The number of fused-ring (bicyclic) bond motifs is 1. The second-order valence-corrected chi connectivity index (χ2v) is 5.88. The van der Waals surface area contributed by atoms with Gasteiger partial charge in [0, 0.05) is 28.4 Å². The highest BCUT2D eigenvalue weighted by atomic mass is 32.1. The zero-order chi connectivity index (χ0) is 13.2. The van der Waals surface area contributed by atoms with Crippen molar-refractivity contribution >= 4 is 28.1 Å². The van der Waals surface area contributed by atoms with Gasteiger partial charge in [-0.05, 0) is 37.3 Å². The van der Waals surface area contributed by atoms with E-state index in [0.29, 0.717) is 0 Å². The van der Waals surface area contributed by atoms with Crippen LogP contribution in [0.5, 0.6) is 0 Å². The van der Waals surface area contributed by atoms with Crippen molar-refractivity contribution in [2.75, 3.05) is 5.32 Å². The molecule has 19 heavy (non-hydrogen) atoms. The highest BCUT2D eigenvalue weighted by Gasteiger charge is 2.05. The Hall–Kier alpha value is -1.81. The lowest BCUT2D eigenvalue weighted by atomic mass is 10.3. The summed E-state index contributed by atoms with van der Waals surface area (Å²) in [5.41, 5.74) is 2.85. The summed E-state index contributed by atoms with van der Waals surface area (Å²) >= 11 is 1.82. The van der Waals surface area contributed by atoms with Gasteiger partial charge in [-0.25, -0.2) is 4.98 Å². The molecule has 4 heteroatoms. The number of hydrogen-bond donors (Lipinski definition) is 1. The third kappa shape index (κ3) is 2.63. The Morgan fingerprint density at radius 1 is 1.26 bits per heavy atom. The molecule has 0 saturated heterocycles. The Kier molecular flexibility index (Phi) is 3.25. The van der Waals surface area contributed by atoms with Crippen LogP contribution in [0.25, 0.3) is 11.1 Å². The van der Waals surface area contributed by atoms with Crippen LogP contribution < -0.4 is 5.32 Å². The van der Waals surface area contributed by atoms with Crippen LogP contribution in [0.2, 0.25) is 0 Å². The Morgan fingerprint density at radius 2 is 2.16 bits per heavy atom. The maximum Gasteiger partial charge on any atom is 0.195 e. The average molecular weight is 272 g/mol. The molecule has 3 rings (SSSR count). The molecule has 0 unspecified atom stereocenters. The number of thiophene rings is 1.